The minimum Gasteiger partial charge on any atom is -0.483 e. The zero-order valence-electron chi connectivity index (χ0n) is 10.8. The van der Waals surface area contributed by atoms with E-state index in [1.165, 1.54) is 13.5 Å². The molecule has 0 saturated carbocycles. The number of rotatable bonds is 4. The Kier molecular flexibility index (Phi) is 4.15. The molecule has 0 aliphatic heterocycles. The Bertz CT molecular complexity index is 434. The largest absolute Gasteiger partial charge is 0.483 e. The highest BCUT2D eigenvalue weighted by Gasteiger charge is 2.16. The fourth-order valence-corrected chi connectivity index (χ4v) is 2.06. The minimum atomic E-state index is -0.209. The lowest BCUT2D eigenvalue weighted by Crippen LogP contribution is -2.30. The molecule has 5 heteroatoms. The highest BCUT2D eigenvalue weighted by Crippen LogP contribution is 2.27. The summed E-state index contributed by atoms with van der Waals surface area (Å²) in [6.07, 6.45) is 6.05. The van der Waals surface area contributed by atoms with Crippen molar-refractivity contribution in [2.75, 3.05) is 20.8 Å². The van der Waals surface area contributed by atoms with Crippen molar-refractivity contribution < 1.29 is 14.4 Å². The first-order valence-corrected chi connectivity index (χ1v) is 6.12. The van der Waals surface area contributed by atoms with Crippen LogP contribution >= 0.6 is 0 Å². The van der Waals surface area contributed by atoms with Crippen LogP contribution in [0.3, 0.4) is 0 Å². The number of pyridine rings is 1. The van der Waals surface area contributed by atoms with Crippen LogP contribution < -0.4 is 4.74 Å². The van der Waals surface area contributed by atoms with Crippen LogP contribution in [0.5, 0.6) is 5.75 Å². The predicted octanol–water partition coefficient (Wildman–Crippen LogP) is 1.36. The van der Waals surface area contributed by atoms with Crippen LogP contribution in [-0.2, 0) is 22.5 Å². The number of amides is 1. The second-order valence-corrected chi connectivity index (χ2v) is 4.30. The molecule has 0 fully saturated rings. The SMILES string of the molecule is CON(C)C(=O)COc1ccnc2c1CCCC2. The molecule has 1 aliphatic carbocycles. The molecule has 0 aromatic carbocycles. The monoisotopic (exact) mass is 250 g/mol. The Morgan fingerprint density at radius 2 is 2.22 bits per heavy atom. The van der Waals surface area contributed by atoms with E-state index in [9.17, 15) is 4.79 Å². The lowest BCUT2D eigenvalue weighted by molar-refractivity contribution is -0.170. The molecular formula is C13H18N2O3. The molecule has 2 rings (SSSR count). The molecule has 0 N–H and O–H groups in total. The molecule has 1 heterocycles. The van der Waals surface area contributed by atoms with Crippen LogP contribution in [0, 0.1) is 0 Å². The molecule has 0 unspecified atom stereocenters. The molecule has 98 valence electrons. The Morgan fingerprint density at radius 1 is 1.44 bits per heavy atom. The molecule has 1 aromatic heterocycles. The Labute approximate surface area is 107 Å². The van der Waals surface area contributed by atoms with Crippen molar-refractivity contribution in [2.24, 2.45) is 0 Å². The normalized spacial score (nSPS) is 13.9. The summed E-state index contributed by atoms with van der Waals surface area (Å²) < 4.78 is 5.58. The van der Waals surface area contributed by atoms with E-state index in [1.54, 1.807) is 13.2 Å². The second kappa shape index (κ2) is 5.82. The third kappa shape index (κ3) is 2.79. The Hall–Kier alpha value is -1.62. The minimum absolute atomic E-state index is 0.0131. The molecule has 1 amide bonds. The zero-order valence-corrected chi connectivity index (χ0v) is 10.8. The Balaban J connectivity index is 2.03. The first-order valence-electron chi connectivity index (χ1n) is 6.12. The number of nitrogens with zero attached hydrogens (tertiary/aromatic N) is 2. The summed E-state index contributed by atoms with van der Waals surface area (Å²) in [5.41, 5.74) is 2.25. The highest BCUT2D eigenvalue weighted by molar-refractivity contribution is 5.76. The average Bonchev–Trinajstić information content (AvgIpc) is 2.43. The fourth-order valence-electron chi connectivity index (χ4n) is 2.06. The van der Waals surface area contributed by atoms with Crippen molar-refractivity contribution in [3.05, 3.63) is 23.5 Å². The van der Waals surface area contributed by atoms with Crippen molar-refractivity contribution in [2.45, 2.75) is 25.7 Å². The van der Waals surface area contributed by atoms with E-state index >= 15 is 0 Å². The molecule has 0 bridgehead atoms. The van der Waals surface area contributed by atoms with Gasteiger partial charge < -0.3 is 4.74 Å². The molecule has 0 atom stereocenters. The summed E-state index contributed by atoms with van der Waals surface area (Å²) in [6, 6.07) is 1.82. The van der Waals surface area contributed by atoms with E-state index in [2.05, 4.69) is 4.98 Å². The van der Waals surface area contributed by atoms with E-state index in [1.807, 2.05) is 6.07 Å². The smallest absolute Gasteiger partial charge is 0.283 e. The molecule has 0 spiro atoms. The van der Waals surface area contributed by atoms with Gasteiger partial charge in [-0.05, 0) is 31.7 Å². The third-order valence-corrected chi connectivity index (χ3v) is 3.17. The molecule has 0 radical (unpaired) electrons. The maximum atomic E-state index is 11.6. The lowest BCUT2D eigenvalue weighted by Gasteiger charge is -2.19. The second-order valence-electron chi connectivity index (χ2n) is 4.30. The number of aromatic nitrogens is 1. The van der Waals surface area contributed by atoms with Crippen molar-refractivity contribution in [1.82, 2.24) is 10.0 Å². The predicted molar refractivity (Wildman–Crippen MR) is 66.2 cm³/mol. The number of aryl methyl sites for hydroxylation is 1. The molecule has 1 aliphatic rings. The highest BCUT2D eigenvalue weighted by atomic mass is 16.7. The van der Waals surface area contributed by atoms with E-state index < -0.39 is 0 Å². The molecule has 0 saturated heterocycles. The van der Waals surface area contributed by atoms with Gasteiger partial charge in [0.15, 0.2) is 6.61 Å². The van der Waals surface area contributed by atoms with E-state index in [0.29, 0.717) is 0 Å². The van der Waals surface area contributed by atoms with Crippen LogP contribution in [0.1, 0.15) is 24.1 Å². The number of hydrogen-bond donors (Lipinski definition) is 0. The number of hydroxylamine groups is 2. The van der Waals surface area contributed by atoms with Gasteiger partial charge in [-0.2, -0.15) is 0 Å². The standard InChI is InChI=1S/C13H18N2O3/c1-15(17-2)13(16)9-18-12-7-8-14-11-6-4-3-5-10(11)12/h7-8H,3-6,9H2,1-2H3. The first-order chi connectivity index (χ1) is 8.72. The summed E-state index contributed by atoms with van der Waals surface area (Å²) in [5.74, 6) is 0.566. The number of hydrogen-bond acceptors (Lipinski definition) is 4. The number of carbonyl (C=O) groups is 1. The van der Waals surface area contributed by atoms with Gasteiger partial charge in [-0.1, -0.05) is 0 Å². The van der Waals surface area contributed by atoms with Gasteiger partial charge in [0.1, 0.15) is 5.75 Å². The van der Waals surface area contributed by atoms with Crippen LogP contribution in [0.4, 0.5) is 0 Å². The van der Waals surface area contributed by atoms with Crippen molar-refractivity contribution in [3.8, 4) is 5.75 Å². The van der Waals surface area contributed by atoms with Gasteiger partial charge in [0.2, 0.25) is 0 Å². The third-order valence-electron chi connectivity index (χ3n) is 3.17. The van der Waals surface area contributed by atoms with Crippen LogP contribution in [0.25, 0.3) is 0 Å². The number of carbonyl (C=O) groups excluding carboxylic acids is 1. The van der Waals surface area contributed by atoms with Gasteiger partial charge in [-0.15, -0.1) is 0 Å². The lowest BCUT2D eigenvalue weighted by atomic mass is 9.95. The zero-order chi connectivity index (χ0) is 13.0. The van der Waals surface area contributed by atoms with Crippen molar-refractivity contribution in [1.29, 1.82) is 0 Å². The number of ether oxygens (including phenoxy) is 1. The molecule has 1 aromatic rings. The van der Waals surface area contributed by atoms with Gasteiger partial charge in [-0.3, -0.25) is 14.6 Å². The van der Waals surface area contributed by atoms with Gasteiger partial charge in [0, 0.05) is 24.5 Å². The van der Waals surface area contributed by atoms with E-state index in [0.717, 1.165) is 41.3 Å². The number of fused-ring (bicyclic) bond motifs is 1. The summed E-state index contributed by atoms with van der Waals surface area (Å²) in [6.45, 7) is -0.0131. The van der Waals surface area contributed by atoms with Gasteiger partial charge in [0.25, 0.3) is 5.91 Å². The maximum absolute atomic E-state index is 11.6. The summed E-state index contributed by atoms with van der Waals surface area (Å²) in [4.78, 5) is 20.7. The first kappa shape index (κ1) is 12.8. The molecule has 5 nitrogen and oxygen atoms in total. The maximum Gasteiger partial charge on any atom is 0.283 e. The fraction of sp³-hybridized carbons (Fsp3) is 0.538. The summed E-state index contributed by atoms with van der Waals surface area (Å²) in [5, 5.41) is 1.16. The number of likely N-dealkylation sites (N-methyl/N-ethyl adjacent to an activating group) is 1. The van der Waals surface area contributed by atoms with Crippen molar-refractivity contribution in [3.63, 3.8) is 0 Å². The van der Waals surface area contributed by atoms with E-state index in [4.69, 9.17) is 9.57 Å². The Morgan fingerprint density at radius 3 is 3.00 bits per heavy atom. The molecule has 18 heavy (non-hydrogen) atoms. The van der Waals surface area contributed by atoms with Gasteiger partial charge >= 0.3 is 0 Å². The van der Waals surface area contributed by atoms with Crippen LogP contribution in [-0.4, -0.2) is 36.7 Å². The summed E-state index contributed by atoms with van der Waals surface area (Å²) in [7, 11) is 3.01. The summed E-state index contributed by atoms with van der Waals surface area (Å²) >= 11 is 0. The van der Waals surface area contributed by atoms with Crippen molar-refractivity contribution >= 4 is 5.91 Å². The quantitative estimate of drug-likeness (QED) is 0.757. The van der Waals surface area contributed by atoms with Gasteiger partial charge in [0.05, 0.1) is 7.11 Å². The van der Waals surface area contributed by atoms with Gasteiger partial charge in [-0.25, -0.2) is 5.06 Å². The average molecular weight is 250 g/mol. The van der Waals surface area contributed by atoms with Crippen LogP contribution in [0.15, 0.2) is 12.3 Å². The van der Waals surface area contributed by atoms with E-state index in [-0.39, 0.29) is 12.5 Å². The van der Waals surface area contributed by atoms with Crippen LogP contribution in [0.2, 0.25) is 0 Å². The molecular weight excluding hydrogens is 232 g/mol. The topological polar surface area (TPSA) is 51.7 Å².